The van der Waals surface area contributed by atoms with Crippen molar-refractivity contribution in [2.24, 2.45) is 17.8 Å². The molecule has 130 valence electrons. The van der Waals surface area contributed by atoms with Crippen LogP contribution in [0.5, 0.6) is 11.5 Å². The molecule has 0 heterocycles. The summed E-state index contributed by atoms with van der Waals surface area (Å²) in [5.41, 5.74) is 8.27. The van der Waals surface area contributed by atoms with E-state index < -0.39 is 0 Å². The summed E-state index contributed by atoms with van der Waals surface area (Å²) in [5, 5.41) is 0.713. The predicted molar refractivity (Wildman–Crippen MR) is 102 cm³/mol. The van der Waals surface area contributed by atoms with E-state index in [0.717, 1.165) is 34.9 Å². The quantitative estimate of drug-likeness (QED) is 0.668. The normalized spacial score (nSPS) is 32.8. The van der Waals surface area contributed by atoms with Crippen LogP contribution < -0.4 is 10.5 Å². The molecular weight excluding hydrogens is 330 g/mol. The van der Waals surface area contributed by atoms with Gasteiger partial charge in [0.25, 0.3) is 0 Å². The molecule has 0 atom stereocenters. The molecule has 0 amide bonds. The third kappa shape index (κ3) is 2.71. The summed E-state index contributed by atoms with van der Waals surface area (Å²) in [4.78, 5) is 0. The first-order valence-corrected chi connectivity index (χ1v) is 9.81. The lowest BCUT2D eigenvalue weighted by atomic mass is 9.48. The van der Waals surface area contributed by atoms with Gasteiger partial charge in [0.2, 0.25) is 0 Å². The third-order valence-corrected chi connectivity index (χ3v) is 6.99. The van der Waals surface area contributed by atoms with Crippen LogP contribution in [0.2, 0.25) is 5.02 Å². The Hall–Kier alpha value is -1.67. The first kappa shape index (κ1) is 15.6. The summed E-state index contributed by atoms with van der Waals surface area (Å²) in [7, 11) is 0. The monoisotopic (exact) mass is 353 g/mol. The Morgan fingerprint density at radius 3 is 2.04 bits per heavy atom. The number of rotatable bonds is 3. The van der Waals surface area contributed by atoms with Crippen molar-refractivity contribution in [3.05, 3.63) is 53.1 Å². The summed E-state index contributed by atoms with van der Waals surface area (Å²) in [6.45, 7) is 0. The number of ether oxygens (including phenoxy) is 1. The Bertz CT molecular complexity index is 763. The summed E-state index contributed by atoms with van der Waals surface area (Å²) in [6.07, 6.45) is 8.45. The Kier molecular flexibility index (Phi) is 3.53. The molecule has 2 aromatic carbocycles. The fourth-order valence-corrected chi connectivity index (χ4v) is 6.26. The van der Waals surface area contributed by atoms with Gasteiger partial charge in [-0.2, -0.15) is 0 Å². The molecule has 4 aliphatic carbocycles. The van der Waals surface area contributed by atoms with Crippen molar-refractivity contribution in [2.75, 3.05) is 5.73 Å². The van der Waals surface area contributed by atoms with Crippen LogP contribution in [0.4, 0.5) is 5.69 Å². The van der Waals surface area contributed by atoms with E-state index in [-0.39, 0.29) is 0 Å². The highest BCUT2D eigenvalue weighted by Crippen LogP contribution is 2.61. The average Bonchev–Trinajstić information content (AvgIpc) is 2.57. The molecule has 4 aliphatic rings. The molecule has 0 spiro atoms. The van der Waals surface area contributed by atoms with Crippen molar-refractivity contribution in [3.63, 3.8) is 0 Å². The molecule has 4 bridgehead atoms. The van der Waals surface area contributed by atoms with E-state index in [1.807, 2.05) is 30.3 Å². The Morgan fingerprint density at radius 1 is 0.880 bits per heavy atom. The van der Waals surface area contributed by atoms with E-state index in [9.17, 15) is 0 Å². The van der Waals surface area contributed by atoms with E-state index in [4.69, 9.17) is 22.1 Å². The van der Waals surface area contributed by atoms with E-state index in [1.54, 1.807) is 0 Å². The molecule has 3 heteroatoms. The molecule has 0 unspecified atom stereocenters. The van der Waals surface area contributed by atoms with E-state index in [1.165, 1.54) is 44.1 Å². The van der Waals surface area contributed by atoms with Crippen LogP contribution in [-0.4, -0.2) is 0 Å². The van der Waals surface area contributed by atoms with Gasteiger partial charge in [0.1, 0.15) is 11.5 Å². The van der Waals surface area contributed by atoms with Crippen LogP contribution in [0.25, 0.3) is 0 Å². The van der Waals surface area contributed by atoms with Gasteiger partial charge in [0, 0.05) is 5.69 Å². The van der Waals surface area contributed by atoms with Crippen molar-refractivity contribution in [2.45, 2.75) is 43.9 Å². The minimum atomic E-state index is 0.373. The summed E-state index contributed by atoms with van der Waals surface area (Å²) < 4.78 is 5.95. The van der Waals surface area contributed by atoms with Crippen molar-refractivity contribution in [1.29, 1.82) is 0 Å². The smallest absolute Gasteiger partial charge is 0.146 e. The number of benzene rings is 2. The zero-order chi connectivity index (χ0) is 17.0. The number of nitrogens with two attached hydrogens (primary N) is 1. The molecule has 4 fully saturated rings. The van der Waals surface area contributed by atoms with Crippen LogP contribution in [-0.2, 0) is 5.41 Å². The van der Waals surface area contributed by atoms with Crippen molar-refractivity contribution < 1.29 is 4.74 Å². The van der Waals surface area contributed by atoms with Crippen molar-refractivity contribution in [1.82, 2.24) is 0 Å². The number of halogens is 1. The fraction of sp³-hybridized carbons (Fsp3) is 0.455. The summed E-state index contributed by atoms with van der Waals surface area (Å²) in [6, 6.07) is 13.9. The Balaban J connectivity index is 1.42. The van der Waals surface area contributed by atoms with Gasteiger partial charge in [-0.05, 0) is 104 Å². The van der Waals surface area contributed by atoms with Gasteiger partial charge in [-0.1, -0.05) is 17.7 Å². The zero-order valence-corrected chi connectivity index (χ0v) is 15.1. The highest BCUT2D eigenvalue weighted by Gasteiger charge is 2.51. The number of hydrogen-bond acceptors (Lipinski definition) is 2. The van der Waals surface area contributed by atoms with Gasteiger partial charge in [0.05, 0.1) is 5.02 Å². The standard InChI is InChI=1S/C22H24ClNO/c23-20-10-17(1-6-21(20)25-19-4-2-18(24)3-5-19)22-11-14-7-15(12-22)9-16(8-14)13-22/h1-6,10,14-16H,7-9,11-13,24H2. The van der Waals surface area contributed by atoms with Gasteiger partial charge >= 0.3 is 0 Å². The summed E-state index contributed by atoms with van der Waals surface area (Å²) in [5.74, 6) is 4.31. The van der Waals surface area contributed by atoms with Gasteiger partial charge in [-0.15, -0.1) is 0 Å². The fourth-order valence-electron chi connectivity index (χ4n) is 6.04. The molecule has 0 aromatic heterocycles. The topological polar surface area (TPSA) is 35.2 Å². The molecular formula is C22H24ClNO. The van der Waals surface area contributed by atoms with Crippen LogP contribution in [0.3, 0.4) is 0 Å². The van der Waals surface area contributed by atoms with E-state index in [0.29, 0.717) is 10.4 Å². The number of hydrogen-bond donors (Lipinski definition) is 1. The molecule has 4 saturated carbocycles. The van der Waals surface area contributed by atoms with Crippen LogP contribution in [0.1, 0.15) is 44.1 Å². The van der Waals surface area contributed by atoms with Crippen molar-refractivity contribution >= 4 is 17.3 Å². The lowest BCUT2D eigenvalue weighted by molar-refractivity contribution is -0.00519. The zero-order valence-electron chi connectivity index (χ0n) is 14.4. The second-order valence-corrected chi connectivity index (χ2v) is 8.92. The number of nitrogen functional groups attached to an aromatic ring is 1. The minimum Gasteiger partial charge on any atom is -0.456 e. The Labute approximate surface area is 154 Å². The lowest BCUT2D eigenvalue weighted by Gasteiger charge is -2.57. The molecule has 0 saturated heterocycles. The maximum Gasteiger partial charge on any atom is 0.146 e. The highest BCUT2D eigenvalue weighted by molar-refractivity contribution is 6.32. The van der Waals surface area contributed by atoms with Gasteiger partial charge in [-0.3, -0.25) is 0 Å². The first-order valence-electron chi connectivity index (χ1n) is 9.43. The average molecular weight is 354 g/mol. The maximum absolute atomic E-state index is 6.60. The van der Waals surface area contributed by atoms with E-state index in [2.05, 4.69) is 12.1 Å². The molecule has 6 rings (SSSR count). The maximum atomic E-state index is 6.60. The second kappa shape index (κ2) is 5.67. The van der Waals surface area contributed by atoms with Gasteiger partial charge in [0.15, 0.2) is 0 Å². The van der Waals surface area contributed by atoms with Crippen molar-refractivity contribution in [3.8, 4) is 11.5 Å². The second-order valence-electron chi connectivity index (χ2n) is 8.51. The first-order chi connectivity index (χ1) is 12.1. The molecule has 0 radical (unpaired) electrons. The lowest BCUT2D eigenvalue weighted by Crippen LogP contribution is -2.48. The predicted octanol–water partition coefficient (Wildman–Crippen LogP) is 6.18. The van der Waals surface area contributed by atoms with Crippen LogP contribution in [0.15, 0.2) is 42.5 Å². The minimum absolute atomic E-state index is 0.373. The molecule has 25 heavy (non-hydrogen) atoms. The molecule has 2 nitrogen and oxygen atoms in total. The van der Waals surface area contributed by atoms with Crippen LogP contribution >= 0.6 is 11.6 Å². The molecule has 2 N–H and O–H groups in total. The highest BCUT2D eigenvalue weighted by atomic mass is 35.5. The molecule has 2 aromatic rings. The van der Waals surface area contributed by atoms with Gasteiger partial charge < -0.3 is 10.5 Å². The van der Waals surface area contributed by atoms with E-state index >= 15 is 0 Å². The Morgan fingerprint density at radius 2 is 1.48 bits per heavy atom. The number of anilines is 1. The third-order valence-electron chi connectivity index (χ3n) is 6.69. The van der Waals surface area contributed by atoms with Crippen LogP contribution in [0, 0.1) is 17.8 Å². The SMILES string of the molecule is Nc1ccc(Oc2ccc(C34CC5CC(CC(C5)C3)C4)cc2Cl)cc1. The largest absolute Gasteiger partial charge is 0.456 e. The van der Waals surface area contributed by atoms with Gasteiger partial charge in [-0.25, -0.2) is 0 Å². The summed E-state index contributed by atoms with van der Waals surface area (Å²) >= 11 is 6.60. The molecule has 0 aliphatic heterocycles.